The van der Waals surface area contributed by atoms with Gasteiger partial charge in [0.15, 0.2) is 0 Å². The zero-order chi connectivity index (χ0) is 7.35. The largest absolute Gasteiger partial charge is 0.0651 e. The molecule has 0 amide bonds. The molecule has 0 aromatic carbocycles. The van der Waals surface area contributed by atoms with E-state index in [9.17, 15) is 0 Å². The fraction of sp³-hybridized carbons (Fsp3) is 1.00. The van der Waals surface area contributed by atoms with E-state index < -0.39 is 0 Å². The monoisotopic (exact) mass is 138 g/mol. The lowest BCUT2D eigenvalue weighted by molar-refractivity contribution is 0.289. The molecule has 0 nitrogen and oxygen atoms in total. The molecule has 2 fully saturated rings. The van der Waals surface area contributed by atoms with E-state index in [1.807, 2.05) is 0 Å². The zero-order valence-electron chi connectivity index (χ0n) is 7.35. The maximum Gasteiger partial charge on any atom is -0.0266 e. The normalized spacial score (nSPS) is 58.5. The molecule has 0 aromatic heterocycles. The molecule has 4 unspecified atom stereocenters. The molecule has 2 aliphatic rings. The molecule has 2 saturated carbocycles. The van der Waals surface area contributed by atoms with Gasteiger partial charge in [-0.3, -0.25) is 0 Å². The Balaban J connectivity index is 2.09. The fourth-order valence-corrected chi connectivity index (χ4v) is 3.01. The van der Waals surface area contributed by atoms with Gasteiger partial charge in [0, 0.05) is 0 Å². The third kappa shape index (κ3) is 0.627. The lowest BCUT2D eigenvalue weighted by Crippen LogP contribution is -2.12. The molecule has 0 N–H and O–H groups in total. The van der Waals surface area contributed by atoms with E-state index >= 15 is 0 Å². The van der Waals surface area contributed by atoms with E-state index in [-0.39, 0.29) is 0 Å². The molecular weight excluding hydrogens is 120 g/mol. The summed E-state index contributed by atoms with van der Waals surface area (Å²) < 4.78 is 0. The van der Waals surface area contributed by atoms with Gasteiger partial charge in [0.25, 0.3) is 0 Å². The van der Waals surface area contributed by atoms with Crippen LogP contribution in [0.15, 0.2) is 0 Å². The molecule has 0 bridgehead atoms. The van der Waals surface area contributed by atoms with E-state index in [0.29, 0.717) is 0 Å². The van der Waals surface area contributed by atoms with Crippen LogP contribution >= 0.6 is 0 Å². The van der Waals surface area contributed by atoms with Gasteiger partial charge in [-0.25, -0.2) is 0 Å². The van der Waals surface area contributed by atoms with Gasteiger partial charge in [-0.1, -0.05) is 27.2 Å². The van der Waals surface area contributed by atoms with Crippen molar-refractivity contribution in [3.63, 3.8) is 0 Å². The summed E-state index contributed by atoms with van der Waals surface area (Å²) in [5, 5.41) is 0. The second-order valence-electron chi connectivity index (χ2n) is 4.60. The molecule has 0 heterocycles. The molecule has 0 heteroatoms. The Morgan fingerprint density at radius 1 is 1.50 bits per heavy atom. The first-order valence-electron chi connectivity index (χ1n) is 4.68. The Bertz CT molecular complexity index is 150. The van der Waals surface area contributed by atoms with Gasteiger partial charge in [-0.05, 0) is 36.0 Å². The van der Waals surface area contributed by atoms with Gasteiger partial charge in [0.2, 0.25) is 0 Å². The van der Waals surface area contributed by atoms with Crippen LogP contribution in [0.4, 0.5) is 0 Å². The molecular formula is C10H18. The Kier molecular flexibility index (Phi) is 1.19. The van der Waals surface area contributed by atoms with E-state index in [2.05, 4.69) is 20.8 Å². The van der Waals surface area contributed by atoms with Crippen LogP contribution in [0.25, 0.3) is 0 Å². The third-order valence-electron chi connectivity index (χ3n) is 4.32. The average molecular weight is 138 g/mol. The SMILES string of the molecule is CCC1CC2CC2(C)C1C. The maximum absolute atomic E-state index is 2.48. The van der Waals surface area contributed by atoms with Gasteiger partial charge in [0.05, 0.1) is 0 Å². The minimum absolute atomic E-state index is 0.792. The topological polar surface area (TPSA) is 0 Å². The summed E-state index contributed by atoms with van der Waals surface area (Å²) in [4.78, 5) is 0. The van der Waals surface area contributed by atoms with Crippen LogP contribution in [0.5, 0.6) is 0 Å². The molecule has 58 valence electrons. The smallest absolute Gasteiger partial charge is 0.0266 e. The van der Waals surface area contributed by atoms with Gasteiger partial charge in [0.1, 0.15) is 0 Å². The van der Waals surface area contributed by atoms with Crippen molar-refractivity contribution in [3.05, 3.63) is 0 Å². The summed E-state index contributed by atoms with van der Waals surface area (Å²) >= 11 is 0. The standard InChI is InChI=1S/C10H18/c1-4-8-5-9-6-10(9,3)7(8)2/h7-9H,4-6H2,1-3H3. The van der Waals surface area contributed by atoms with Crippen molar-refractivity contribution in [3.8, 4) is 0 Å². The van der Waals surface area contributed by atoms with Crippen molar-refractivity contribution in [1.29, 1.82) is 0 Å². The van der Waals surface area contributed by atoms with Crippen molar-refractivity contribution >= 4 is 0 Å². The summed E-state index contributed by atoms with van der Waals surface area (Å²) in [6, 6.07) is 0. The highest BCUT2D eigenvalue weighted by molar-refractivity contribution is 5.09. The molecule has 4 atom stereocenters. The molecule has 2 aliphatic carbocycles. The quantitative estimate of drug-likeness (QED) is 0.522. The van der Waals surface area contributed by atoms with Crippen LogP contribution in [-0.4, -0.2) is 0 Å². The Morgan fingerprint density at radius 2 is 2.20 bits per heavy atom. The maximum atomic E-state index is 2.48. The summed E-state index contributed by atoms with van der Waals surface area (Å²) in [5.41, 5.74) is 0.792. The average Bonchev–Trinajstić information content (AvgIpc) is 2.51. The highest BCUT2D eigenvalue weighted by Gasteiger charge is 2.60. The van der Waals surface area contributed by atoms with Crippen LogP contribution in [0.3, 0.4) is 0 Å². The summed E-state index contributed by atoms with van der Waals surface area (Å²) in [6.07, 6.45) is 4.48. The predicted octanol–water partition coefficient (Wildman–Crippen LogP) is 3.08. The van der Waals surface area contributed by atoms with Crippen LogP contribution in [0.1, 0.15) is 40.0 Å². The molecule has 2 rings (SSSR count). The Hall–Kier alpha value is 0. The number of hydrogen-bond acceptors (Lipinski definition) is 0. The van der Waals surface area contributed by atoms with Crippen LogP contribution in [-0.2, 0) is 0 Å². The van der Waals surface area contributed by atoms with Gasteiger partial charge >= 0.3 is 0 Å². The molecule has 0 aliphatic heterocycles. The van der Waals surface area contributed by atoms with E-state index in [0.717, 1.165) is 23.2 Å². The van der Waals surface area contributed by atoms with Crippen molar-refractivity contribution in [2.45, 2.75) is 40.0 Å². The fourth-order valence-electron chi connectivity index (χ4n) is 3.01. The molecule has 0 saturated heterocycles. The van der Waals surface area contributed by atoms with Crippen molar-refractivity contribution in [1.82, 2.24) is 0 Å². The minimum Gasteiger partial charge on any atom is -0.0651 e. The van der Waals surface area contributed by atoms with Gasteiger partial charge in [-0.15, -0.1) is 0 Å². The van der Waals surface area contributed by atoms with Crippen LogP contribution in [0, 0.1) is 23.2 Å². The highest BCUT2D eigenvalue weighted by Crippen LogP contribution is 2.68. The Morgan fingerprint density at radius 3 is 2.50 bits per heavy atom. The molecule has 0 radical (unpaired) electrons. The van der Waals surface area contributed by atoms with E-state index in [1.165, 1.54) is 19.3 Å². The zero-order valence-corrected chi connectivity index (χ0v) is 7.35. The van der Waals surface area contributed by atoms with Crippen molar-refractivity contribution in [2.24, 2.45) is 23.2 Å². The van der Waals surface area contributed by atoms with Gasteiger partial charge in [-0.2, -0.15) is 0 Å². The summed E-state index contributed by atoms with van der Waals surface area (Å²) in [5.74, 6) is 3.19. The molecule has 0 spiro atoms. The van der Waals surface area contributed by atoms with E-state index in [4.69, 9.17) is 0 Å². The Labute approximate surface area is 64.0 Å². The van der Waals surface area contributed by atoms with Crippen LogP contribution < -0.4 is 0 Å². The first-order chi connectivity index (χ1) is 4.68. The van der Waals surface area contributed by atoms with Crippen molar-refractivity contribution < 1.29 is 0 Å². The van der Waals surface area contributed by atoms with Crippen LogP contribution in [0.2, 0.25) is 0 Å². The molecule has 0 aromatic rings. The lowest BCUT2D eigenvalue weighted by Gasteiger charge is -2.20. The van der Waals surface area contributed by atoms with E-state index in [1.54, 1.807) is 0 Å². The third-order valence-corrected chi connectivity index (χ3v) is 4.32. The van der Waals surface area contributed by atoms with Crippen molar-refractivity contribution in [2.75, 3.05) is 0 Å². The summed E-state index contributed by atoms with van der Waals surface area (Å²) in [7, 11) is 0. The first-order valence-corrected chi connectivity index (χ1v) is 4.68. The first kappa shape index (κ1) is 6.69. The van der Waals surface area contributed by atoms with Gasteiger partial charge < -0.3 is 0 Å². The summed E-state index contributed by atoms with van der Waals surface area (Å²) in [6.45, 7) is 7.29. The number of fused-ring (bicyclic) bond motifs is 1. The molecule has 10 heavy (non-hydrogen) atoms. The lowest BCUT2D eigenvalue weighted by atomic mass is 9.85. The number of rotatable bonds is 1. The second-order valence-corrected chi connectivity index (χ2v) is 4.60. The second kappa shape index (κ2) is 1.78. The highest BCUT2D eigenvalue weighted by atomic mass is 14.6. The number of hydrogen-bond donors (Lipinski definition) is 0. The minimum atomic E-state index is 0.792. The predicted molar refractivity (Wildman–Crippen MR) is 43.8 cm³/mol.